The standard InChI is InChI=1S/C32H48N10O4S4/c1-5-9-13-39(14-10-6-2)27-33-29(47)37-31(35-27)49-21-19-23(43)41(25(21)45)17-18-42-24(44)20-22(26(42)46)50-32-36-28(34-30(48)38-32)40(15-11-7-3)16-12-8-4/h21-22H,5-20H2,1-4H3,(H,33,35,37,47)(H,34,36,38,48). The van der Waals surface area contributed by atoms with Gasteiger partial charge in [0.1, 0.15) is 10.5 Å². The van der Waals surface area contributed by atoms with Gasteiger partial charge in [-0.15, -0.1) is 0 Å². The third-order valence-electron chi connectivity index (χ3n) is 8.41. The van der Waals surface area contributed by atoms with Crippen LogP contribution >= 0.6 is 48.0 Å². The predicted octanol–water partition coefficient (Wildman–Crippen LogP) is 5.33. The van der Waals surface area contributed by atoms with Crippen molar-refractivity contribution in [1.29, 1.82) is 0 Å². The summed E-state index contributed by atoms with van der Waals surface area (Å²) in [5, 5.41) is -0.819. The fourth-order valence-corrected chi connectivity index (χ4v) is 8.02. The Morgan fingerprint density at radius 2 is 0.960 bits per heavy atom. The first-order chi connectivity index (χ1) is 24.1. The molecule has 2 atom stereocenters. The number of aromatic nitrogens is 6. The van der Waals surface area contributed by atoms with Crippen molar-refractivity contribution >= 4 is 83.5 Å². The maximum Gasteiger partial charge on any atom is 0.243 e. The first-order valence-corrected chi connectivity index (χ1v) is 20.1. The van der Waals surface area contributed by atoms with E-state index in [-0.39, 0.29) is 47.3 Å². The number of anilines is 2. The van der Waals surface area contributed by atoms with Crippen molar-refractivity contribution in [2.24, 2.45) is 0 Å². The van der Waals surface area contributed by atoms with Gasteiger partial charge in [-0.25, -0.2) is 0 Å². The number of aromatic amines is 2. The SMILES string of the molecule is CCCCN(CCCC)c1nc(SC2CC(=O)N(CCN3C(=O)CC(Sc4nc(N(CCCC)CCCC)[nH]c(=S)n4)C3=O)C2=O)nc(=S)[nH]1. The fraction of sp³-hybridized carbons (Fsp3) is 0.688. The molecule has 0 aliphatic carbocycles. The third-order valence-corrected chi connectivity index (χ3v) is 10.9. The second-order valence-corrected chi connectivity index (χ2v) is 15.4. The number of likely N-dealkylation sites (tertiary alicyclic amines) is 2. The molecule has 0 saturated carbocycles. The molecule has 2 saturated heterocycles. The van der Waals surface area contributed by atoms with Crippen molar-refractivity contribution in [1.82, 2.24) is 39.7 Å². The van der Waals surface area contributed by atoms with Crippen LogP contribution in [0.1, 0.15) is 91.9 Å². The molecule has 2 aliphatic rings. The van der Waals surface area contributed by atoms with Gasteiger partial charge in [-0.3, -0.25) is 29.0 Å². The van der Waals surface area contributed by atoms with Crippen LogP contribution in [-0.4, -0.2) is 113 Å². The molecule has 0 radical (unpaired) electrons. The van der Waals surface area contributed by atoms with E-state index < -0.39 is 22.3 Å². The van der Waals surface area contributed by atoms with Crippen LogP contribution in [0.2, 0.25) is 0 Å². The molecule has 274 valence electrons. The molecule has 18 heteroatoms. The van der Waals surface area contributed by atoms with E-state index in [1.165, 1.54) is 0 Å². The molecule has 50 heavy (non-hydrogen) atoms. The fourth-order valence-electron chi connectivity index (χ4n) is 5.57. The smallest absolute Gasteiger partial charge is 0.243 e. The van der Waals surface area contributed by atoms with Crippen LogP contribution in [0.15, 0.2) is 10.3 Å². The number of H-pyrrole nitrogens is 2. The lowest BCUT2D eigenvalue weighted by molar-refractivity contribution is -0.143. The summed E-state index contributed by atoms with van der Waals surface area (Å²) in [6.07, 6.45) is 8.05. The Morgan fingerprint density at radius 1 is 0.620 bits per heavy atom. The summed E-state index contributed by atoms with van der Waals surface area (Å²) in [5.74, 6) is -0.351. The van der Waals surface area contributed by atoms with Gasteiger partial charge in [-0.1, -0.05) is 76.9 Å². The van der Waals surface area contributed by atoms with E-state index in [2.05, 4.69) is 67.4 Å². The van der Waals surface area contributed by atoms with Crippen molar-refractivity contribution in [3.8, 4) is 0 Å². The molecule has 2 aromatic heterocycles. The number of carbonyl (C=O) groups excluding carboxylic acids is 4. The van der Waals surface area contributed by atoms with E-state index in [0.717, 1.165) is 111 Å². The Morgan fingerprint density at radius 3 is 1.28 bits per heavy atom. The minimum absolute atomic E-state index is 0.0368. The Hall–Kier alpha value is -2.96. The van der Waals surface area contributed by atoms with Gasteiger partial charge in [0.15, 0.2) is 10.3 Å². The Bertz CT molecular complexity index is 1490. The number of nitrogens with zero attached hydrogens (tertiary/aromatic N) is 8. The third kappa shape index (κ3) is 10.8. The molecule has 14 nitrogen and oxygen atoms in total. The summed E-state index contributed by atoms with van der Waals surface area (Å²) in [6.45, 7) is 11.6. The highest BCUT2D eigenvalue weighted by Crippen LogP contribution is 2.32. The number of rotatable bonds is 21. The summed E-state index contributed by atoms with van der Waals surface area (Å²) in [5.41, 5.74) is 0. The lowest BCUT2D eigenvalue weighted by atomic mass is 10.3. The monoisotopic (exact) mass is 764 g/mol. The average molecular weight is 765 g/mol. The number of hydrogen-bond acceptors (Lipinski definition) is 14. The maximum absolute atomic E-state index is 13.4. The zero-order valence-corrected chi connectivity index (χ0v) is 32.6. The van der Waals surface area contributed by atoms with Gasteiger partial charge in [0.25, 0.3) is 0 Å². The average Bonchev–Trinajstić information content (AvgIpc) is 3.50. The van der Waals surface area contributed by atoms with Gasteiger partial charge in [0, 0.05) is 52.1 Å². The highest BCUT2D eigenvalue weighted by Gasteiger charge is 2.43. The van der Waals surface area contributed by atoms with Crippen LogP contribution in [0.4, 0.5) is 11.9 Å². The normalized spacial score (nSPS) is 17.8. The van der Waals surface area contributed by atoms with E-state index in [9.17, 15) is 19.2 Å². The molecule has 0 aromatic carbocycles. The summed E-state index contributed by atoms with van der Waals surface area (Å²) in [7, 11) is 0. The molecule has 4 heterocycles. The lowest BCUT2D eigenvalue weighted by Crippen LogP contribution is -2.41. The quantitative estimate of drug-likeness (QED) is 0.124. The topological polar surface area (TPSA) is 164 Å². The van der Waals surface area contributed by atoms with Crippen LogP contribution in [0.3, 0.4) is 0 Å². The predicted molar refractivity (Wildman–Crippen MR) is 200 cm³/mol. The Labute approximate surface area is 312 Å². The molecule has 2 fully saturated rings. The lowest BCUT2D eigenvalue weighted by Gasteiger charge is -2.23. The number of amides is 4. The molecule has 4 amide bonds. The van der Waals surface area contributed by atoms with Gasteiger partial charge in [-0.2, -0.15) is 19.9 Å². The van der Waals surface area contributed by atoms with Crippen LogP contribution in [0.5, 0.6) is 0 Å². The van der Waals surface area contributed by atoms with Crippen LogP contribution in [0, 0.1) is 9.54 Å². The largest absolute Gasteiger partial charge is 0.342 e. The van der Waals surface area contributed by atoms with Crippen molar-refractivity contribution in [3.05, 3.63) is 9.54 Å². The number of carbonyl (C=O) groups is 4. The van der Waals surface area contributed by atoms with Gasteiger partial charge in [0.2, 0.25) is 45.1 Å². The van der Waals surface area contributed by atoms with Crippen molar-refractivity contribution < 1.29 is 19.2 Å². The molecule has 2 N–H and O–H groups in total. The van der Waals surface area contributed by atoms with E-state index >= 15 is 0 Å². The number of nitrogens with one attached hydrogen (secondary N) is 2. The molecule has 2 aromatic rings. The molecule has 4 rings (SSSR count). The van der Waals surface area contributed by atoms with Crippen molar-refractivity contribution in [2.75, 3.05) is 49.1 Å². The van der Waals surface area contributed by atoms with Gasteiger partial charge in [0.05, 0.1) is 0 Å². The number of thioether (sulfide) groups is 2. The van der Waals surface area contributed by atoms with Crippen LogP contribution in [0.25, 0.3) is 0 Å². The maximum atomic E-state index is 13.4. The highest BCUT2D eigenvalue weighted by molar-refractivity contribution is 8.00. The summed E-state index contributed by atoms with van der Waals surface area (Å²) in [4.78, 5) is 83.4. The molecule has 2 unspecified atom stereocenters. The number of unbranched alkanes of at least 4 members (excludes halogenated alkanes) is 4. The van der Waals surface area contributed by atoms with E-state index in [1.807, 2.05) is 0 Å². The highest BCUT2D eigenvalue weighted by atomic mass is 32.2. The first kappa shape index (κ1) is 39.8. The minimum Gasteiger partial charge on any atom is -0.342 e. The van der Waals surface area contributed by atoms with Crippen molar-refractivity contribution in [3.63, 3.8) is 0 Å². The molecular weight excluding hydrogens is 717 g/mol. The molecule has 0 spiro atoms. The number of imide groups is 2. The van der Waals surface area contributed by atoms with E-state index in [0.29, 0.717) is 22.2 Å². The number of hydrogen-bond donors (Lipinski definition) is 2. The Kier molecular flexibility index (Phi) is 15.6. The van der Waals surface area contributed by atoms with Gasteiger partial charge >= 0.3 is 0 Å². The van der Waals surface area contributed by atoms with Crippen LogP contribution in [-0.2, 0) is 19.2 Å². The van der Waals surface area contributed by atoms with Gasteiger partial charge < -0.3 is 19.8 Å². The van der Waals surface area contributed by atoms with Crippen molar-refractivity contribution in [2.45, 2.75) is 113 Å². The minimum atomic E-state index is -0.733. The van der Waals surface area contributed by atoms with Gasteiger partial charge in [-0.05, 0) is 50.1 Å². The molecule has 2 aliphatic heterocycles. The zero-order valence-electron chi connectivity index (χ0n) is 29.3. The molecule has 0 bridgehead atoms. The van der Waals surface area contributed by atoms with E-state index in [1.54, 1.807) is 0 Å². The second-order valence-electron chi connectivity index (χ2n) is 12.3. The first-order valence-electron chi connectivity index (χ1n) is 17.6. The Balaban J connectivity index is 1.38. The summed E-state index contributed by atoms with van der Waals surface area (Å²) >= 11 is 13.0. The summed E-state index contributed by atoms with van der Waals surface area (Å²) in [6, 6.07) is 0. The zero-order chi connectivity index (χ0) is 36.2. The summed E-state index contributed by atoms with van der Waals surface area (Å²) < 4.78 is 0.513. The van der Waals surface area contributed by atoms with Crippen LogP contribution < -0.4 is 9.80 Å². The molecular formula is C32H48N10O4S4. The second kappa shape index (κ2) is 19.6. The van der Waals surface area contributed by atoms with E-state index in [4.69, 9.17) is 24.4 Å².